The summed E-state index contributed by atoms with van der Waals surface area (Å²) >= 11 is 0. The fraction of sp³-hybridized carbons (Fsp3) is 0.429. The van der Waals surface area contributed by atoms with Crippen molar-refractivity contribution < 1.29 is 19.1 Å². The third-order valence-corrected chi connectivity index (χ3v) is 3.63. The molecule has 1 fully saturated rings. The monoisotopic (exact) mass is 295 g/mol. The first-order valence-electron chi connectivity index (χ1n) is 6.72. The number of carbonyl (C=O) groups excluding carboxylic acids is 1. The van der Waals surface area contributed by atoms with Crippen molar-refractivity contribution >= 4 is 23.3 Å². The predicted molar refractivity (Wildman–Crippen MR) is 76.9 cm³/mol. The summed E-state index contributed by atoms with van der Waals surface area (Å²) in [7, 11) is 1.59. The number of hydrogen-bond donors (Lipinski definition) is 2. The van der Waals surface area contributed by atoms with Crippen molar-refractivity contribution in [2.75, 3.05) is 37.3 Å². The van der Waals surface area contributed by atoms with Gasteiger partial charge in [-0.3, -0.25) is 4.79 Å². The Morgan fingerprint density at radius 3 is 2.57 bits per heavy atom. The molecule has 0 aromatic heterocycles. The molecular weight excluding hydrogens is 277 g/mol. The lowest BCUT2D eigenvalue weighted by atomic mass is 10.1. The summed E-state index contributed by atoms with van der Waals surface area (Å²) < 4.78 is 13.4. The van der Waals surface area contributed by atoms with E-state index < -0.39 is 17.5 Å². The molecule has 3 N–H and O–H groups in total. The maximum absolute atomic E-state index is 13.4. The van der Waals surface area contributed by atoms with Gasteiger partial charge in [0, 0.05) is 20.1 Å². The number of amides is 1. The molecule has 6 nitrogen and oxygen atoms in total. The highest BCUT2D eigenvalue weighted by molar-refractivity contribution is 6.00. The van der Waals surface area contributed by atoms with Gasteiger partial charge in [-0.25, -0.2) is 9.18 Å². The number of carboxylic acid groups (broad SMARTS) is 1. The first kappa shape index (κ1) is 15.1. The summed E-state index contributed by atoms with van der Waals surface area (Å²) in [5, 5.41) is 9.20. The van der Waals surface area contributed by atoms with Crippen molar-refractivity contribution in [1.82, 2.24) is 4.90 Å². The molecule has 0 aliphatic carbocycles. The van der Waals surface area contributed by atoms with E-state index in [4.69, 9.17) is 5.73 Å². The molecule has 1 aromatic rings. The lowest BCUT2D eigenvalue weighted by Gasteiger charge is -2.24. The number of likely N-dealkylation sites (N-methyl/N-ethyl adjacent to an activating group) is 1. The van der Waals surface area contributed by atoms with Gasteiger partial charge in [0.2, 0.25) is 5.91 Å². The van der Waals surface area contributed by atoms with Crippen LogP contribution in [0.25, 0.3) is 0 Å². The van der Waals surface area contributed by atoms with E-state index in [1.807, 2.05) is 0 Å². The second-order valence-electron chi connectivity index (χ2n) is 5.10. The predicted octanol–water partition coefficient (Wildman–Crippen LogP) is 1.16. The van der Waals surface area contributed by atoms with Crippen LogP contribution in [-0.2, 0) is 4.79 Å². The average Bonchev–Trinajstić information content (AvgIpc) is 2.95. The number of carboxylic acids is 1. The lowest BCUT2D eigenvalue weighted by molar-refractivity contribution is -0.128. The number of benzene rings is 1. The van der Waals surface area contributed by atoms with Gasteiger partial charge >= 0.3 is 5.97 Å². The zero-order valence-corrected chi connectivity index (χ0v) is 11.8. The number of rotatable bonds is 4. The van der Waals surface area contributed by atoms with E-state index in [1.54, 1.807) is 11.9 Å². The summed E-state index contributed by atoms with van der Waals surface area (Å²) in [6.07, 6.45) is 1.97. The van der Waals surface area contributed by atoms with Crippen LogP contribution in [0.4, 0.5) is 15.8 Å². The molecule has 114 valence electrons. The van der Waals surface area contributed by atoms with Crippen LogP contribution in [0.2, 0.25) is 0 Å². The van der Waals surface area contributed by atoms with Crippen LogP contribution in [0.1, 0.15) is 23.2 Å². The molecule has 1 aliphatic rings. The Labute approximate surface area is 121 Å². The largest absolute Gasteiger partial charge is 0.478 e. The maximum atomic E-state index is 13.4. The van der Waals surface area contributed by atoms with Gasteiger partial charge in [-0.1, -0.05) is 0 Å². The summed E-state index contributed by atoms with van der Waals surface area (Å²) in [5.74, 6) is -2.17. The molecule has 1 amide bonds. The summed E-state index contributed by atoms with van der Waals surface area (Å²) in [6, 6.07) is 2.43. The minimum absolute atomic E-state index is 0.0331. The van der Waals surface area contributed by atoms with E-state index in [9.17, 15) is 19.1 Å². The number of likely N-dealkylation sites (tertiary alicyclic amines) is 1. The summed E-state index contributed by atoms with van der Waals surface area (Å²) in [5.41, 5.74) is 5.00. The molecule has 1 aliphatic heterocycles. The quantitative estimate of drug-likeness (QED) is 0.814. The van der Waals surface area contributed by atoms with Gasteiger partial charge in [-0.05, 0) is 25.0 Å². The Kier molecular flexibility index (Phi) is 4.30. The topological polar surface area (TPSA) is 86.9 Å². The molecule has 0 radical (unpaired) electrons. The summed E-state index contributed by atoms with van der Waals surface area (Å²) in [4.78, 5) is 26.6. The van der Waals surface area contributed by atoms with E-state index in [0.717, 1.165) is 32.0 Å². The minimum atomic E-state index is -1.32. The van der Waals surface area contributed by atoms with E-state index in [1.165, 1.54) is 11.0 Å². The van der Waals surface area contributed by atoms with Crippen LogP contribution >= 0.6 is 0 Å². The number of carbonyl (C=O) groups is 2. The molecule has 0 saturated carbocycles. The van der Waals surface area contributed by atoms with E-state index >= 15 is 0 Å². The van der Waals surface area contributed by atoms with Gasteiger partial charge in [0.15, 0.2) is 0 Å². The number of nitrogen functional groups attached to an aromatic ring is 1. The van der Waals surface area contributed by atoms with Crippen molar-refractivity contribution in [3.63, 3.8) is 0 Å². The zero-order valence-electron chi connectivity index (χ0n) is 11.8. The fourth-order valence-electron chi connectivity index (χ4n) is 2.48. The summed E-state index contributed by atoms with van der Waals surface area (Å²) in [6.45, 7) is 1.49. The van der Waals surface area contributed by atoms with Crippen molar-refractivity contribution in [1.29, 1.82) is 0 Å². The third-order valence-electron chi connectivity index (χ3n) is 3.63. The molecule has 21 heavy (non-hydrogen) atoms. The van der Waals surface area contributed by atoms with Crippen LogP contribution in [0, 0.1) is 5.82 Å². The second-order valence-corrected chi connectivity index (χ2v) is 5.10. The number of nitrogens with zero attached hydrogens (tertiary/aromatic N) is 2. The third kappa shape index (κ3) is 3.07. The Bertz CT molecular complexity index is 571. The van der Waals surface area contributed by atoms with E-state index in [-0.39, 0.29) is 23.7 Å². The van der Waals surface area contributed by atoms with Gasteiger partial charge in [0.25, 0.3) is 0 Å². The first-order chi connectivity index (χ1) is 9.91. The van der Waals surface area contributed by atoms with Gasteiger partial charge in [0.1, 0.15) is 11.4 Å². The van der Waals surface area contributed by atoms with Crippen LogP contribution in [-0.4, -0.2) is 48.6 Å². The van der Waals surface area contributed by atoms with Crippen LogP contribution in [0.5, 0.6) is 0 Å². The standard InChI is InChI=1S/C14H18FN3O3/c1-17(8-11(19)18-6-2-3-7-18)10-5-4-9(15)13(16)12(10)14(20)21/h4-5H,2-3,6-8,16H2,1H3,(H,20,21). The molecule has 0 spiro atoms. The molecule has 7 heteroatoms. The van der Waals surface area contributed by atoms with Crippen molar-refractivity contribution in [3.8, 4) is 0 Å². The Balaban J connectivity index is 2.22. The van der Waals surface area contributed by atoms with E-state index in [0.29, 0.717) is 0 Å². The zero-order chi connectivity index (χ0) is 15.6. The van der Waals surface area contributed by atoms with Crippen molar-refractivity contribution in [2.45, 2.75) is 12.8 Å². The second kappa shape index (κ2) is 5.99. The lowest BCUT2D eigenvalue weighted by Crippen LogP contribution is -2.37. The SMILES string of the molecule is CN(CC(=O)N1CCCC1)c1ccc(F)c(N)c1C(=O)O. The number of hydrogen-bond acceptors (Lipinski definition) is 4. The Morgan fingerprint density at radius 2 is 2.00 bits per heavy atom. The minimum Gasteiger partial charge on any atom is -0.478 e. The number of anilines is 2. The van der Waals surface area contributed by atoms with Crippen molar-refractivity contribution in [3.05, 3.63) is 23.5 Å². The normalized spacial score (nSPS) is 14.3. The Morgan fingerprint density at radius 1 is 1.38 bits per heavy atom. The molecule has 0 atom stereocenters. The number of nitrogens with two attached hydrogens (primary N) is 1. The highest BCUT2D eigenvalue weighted by Crippen LogP contribution is 2.27. The molecule has 2 rings (SSSR count). The maximum Gasteiger partial charge on any atom is 0.340 e. The van der Waals surface area contributed by atoms with Crippen LogP contribution in [0.15, 0.2) is 12.1 Å². The molecule has 0 unspecified atom stereocenters. The number of aromatic carboxylic acids is 1. The van der Waals surface area contributed by atoms with Crippen molar-refractivity contribution in [2.24, 2.45) is 0 Å². The van der Waals surface area contributed by atoms with Gasteiger partial charge in [0.05, 0.1) is 17.9 Å². The molecule has 1 aromatic carbocycles. The first-order valence-corrected chi connectivity index (χ1v) is 6.72. The molecule has 0 bridgehead atoms. The molecule has 1 heterocycles. The fourth-order valence-corrected chi connectivity index (χ4v) is 2.48. The average molecular weight is 295 g/mol. The van der Waals surface area contributed by atoms with Crippen LogP contribution in [0.3, 0.4) is 0 Å². The Hall–Kier alpha value is -2.31. The van der Waals surface area contributed by atoms with Gasteiger partial charge in [-0.15, -0.1) is 0 Å². The highest BCUT2D eigenvalue weighted by atomic mass is 19.1. The van der Waals surface area contributed by atoms with Crippen LogP contribution < -0.4 is 10.6 Å². The smallest absolute Gasteiger partial charge is 0.340 e. The number of halogens is 1. The van der Waals surface area contributed by atoms with E-state index in [2.05, 4.69) is 0 Å². The molecular formula is C14H18FN3O3. The van der Waals surface area contributed by atoms with Gasteiger partial charge in [-0.2, -0.15) is 0 Å². The highest BCUT2D eigenvalue weighted by Gasteiger charge is 2.23. The van der Waals surface area contributed by atoms with Gasteiger partial charge < -0.3 is 20.6 Å². The molecule has 1 saturated heterocycles.